The van der Waals surface area contributed by atoms with Crippen LogP contribution in [-0.2, 0) is 11.2 Å². The van der Waals surface area contributed by atoms with Gasteiger partial charge in [0.1, 0.15) is 0 Å². The highest BCUT2D eigenvalue weighted by Crippen LogP contribution is 2.22. The molecule has 1 N–H and O–H groups in total. The summed E-state index contributed by atoms with van der Waals surface area (Å²) in [6.45, 7) is 8.30. The molecular formula is C15H25N3O. The van der Waals surface area contributed by atoms with E-state index >= 15 is 0 Å². The van der Waals surface area contributed by atoms with Gasteiger partial charge >= 0.3 is 0 Å². The van der Waals surface area contributed by atoms with Crippen molar-refractivity contribution in [2.45, 2.75) is 31.8 Å². The molecule has 1 unspecified atom stereocenters. The van der Waals surface area contributed by atoms with Gasteiger partial charge in [0.05, 0.1) is 13.2 Å². The van der Waals surface area contributed by atoms with Gasteiger partial charge in [-0.15, -0.1) is 0 Å². The van der Waals surface area contributed by atoms with Crippen molar-refractivity contribution in [3.05, 3.63) is 30.1 Å². The fourth-order valence-electron chi connectivity index (χ4n) is 2.79. The van der Waals surface area contributed by atoms with Crippen LogP contribution in [0.2, 0.25) is 0 Å². The molecule has 1 aliphatic heterocycles. The van der Waals surface area contributed by atoms with Gasteiger partial charge in [-0.3, -0.25) is 9.88 Å². The fraction of sp³-hybridized carbons (Fsp3) is 0.667. The Hall–Kier alpha value is -0.970. The molecule has 2 heterocycles. The average molecular weight is 263 g/mol. The smallest absolute Gasteiger partial charge is 0.0594 e. The van der Waals surface area contributed by atoms with Crippen molar-refractivity contribution >= 4 is 0 Å². The van der Waals surface area contributed by atoms with Crippen LogP contribution in [0.5, 0.6) is 0 Å². The Morgan fingerprint density at radius 1 is 1.37 bits per heavy atom. The van der Waals surface area contributed by atoms with Crippen LogP contribution in [-0.4, -0.2) is 54.8 Å². The zero-order valence-corrected chi connectivity index (χ0v) is 12.2. The Morgan fingerprint density at radius 2 is 2.11 bits per heavy atom. The van der Waals surface area contributed by atoms with E-state index in [4.69, 9.17) is 4.74 Å². The van der Waals surface area contributed by atoms with Crippen molar-refractivity contribution < 1.29 is 4.74 Å². The highest BCUT2D eigenvalue weighted by Gasteiger charge is 2.35. The number of nitrogens with zero attached hydrogens (tertiary/aromatic N) is 2. The van der Waals surface area contributed by atoms with Crippen molar-refractivity contribution in [3.8, 4) is 0 Å². The van der Waals surface area contributed by atoms with Gasteiger partial charge in [-0.2, -0.15) is 0 Å². The molecule has 1 aromatic rings. The summed E-state index contributed by atoms with van der Waals surface area (Å²) < 4.78 is 5.45. The molecule has 0 bridgehead atoms. The number of hydrogen-bond donors (Lipinski definition) is 1. The third kappa shape index (κ3) is 3.53. The number of aromatic nitrogens is 1. The Bertz CT molecular complexity index is 374. The number of pyridine rings is 1. The first-order chi connectivity index (χ1) is 9.14. The van der Waals surface area contributed by atoms with E-state index in [1.54, 1.807) is 0 Å². The van der Waals surface area contributed by atoms with E-state index in [1.165, 1.54) is 0 Å². The quantitative estimate of drug-likeness (QED) is 0.869. The highest BCUT2D eigenvalue weighted by atomic mass is 16.5. The lowest BCUT2D eigenvalue weighted by molar-refractivity contribution is -0.0224. The number of likely N-dealkylation sites (N-methyl/N-ethyl adjacent to an activating group) is 1. The van der Waals surface area contributed by atoms with Gasteiger partial charge in [0.2, 0.25) is 0 Å². The van der Waals surface area contributed by atoms with Gasteiger partial charge < -0.3 is 10.1 Å². The van der Waals surface area contributed by atoms with Crippen LogP contribution in [0.3, 0.4) is 0 Å². The second kappa shape index (κ2) is 6.46. The second-order valence-electron chi connectivity index (χ2n) is 5.62. The lowest BCUT2D eigenvalue weighted by atomic mass is 9.88. The zero-order valence-electron chi connectivity index (χ0n) is 12.2. The largest absolute Gasteiger partial charge is 0.379 e. The van der Waals surface area contributed by atoms with Crippen molar-refractivity contribution in [1.82, 2.24) is 15.2 Å². The Kier molecular flexibility index (Phi) is 4.91. The summed E-state index contributed by atoms with van der Waals surface area (Å²) in [5.41, 5.74) is 1.24. The van der Waals surface area contributed by atoms with Crippen LogP contribution >= 0.6 is 0 Å². The van der Waals surface area contributed by atoms with Crippen molar-refractivity contribution in [1.29, 1.82) is 0 Å². The number of ether oxygens (including phenoxy) is 1. The molecule has 1 saturated heterocycles. The lowest BCUT2D eigenvalue weighted by Gasteiger charge is -2.45. The van der Waals surface area contributed by atoms with Crippen molar-refractivity contribution in [2.24, 2.45) is 0 Å². The molecule has 1 aromatic heterocycles. The van der Waals surface area contributed by atoms with E-state index in [0.29, 0.717) is 6.04 Å². The monoisotopic (exact) mass is 263 g/mol. The topological polar surface area (TPSA) is 37.4 Å². The first-order valence-electron chi connectivity index (χ1n) is 7.04. The molecule has 4 nitrogen and oxygen atoms in total. The van der Waals surface area contributed by atoms with Crippen LogP contribution in [0.15, 0.2) is 24.4 Å². The van der Waals surface area contributed by atoms with Gasteiger partial charge in [-0.05, 0) is 33.0 Å². The Morgan fingerprint density at radius 3 is 2.68 bits per heavy atom. The maximum Gasteiger partial charge on any atom is 0.0594 e. The third-order valence-corrected chi connectivity index (χ3v) is 4.17. The maximum atomic E-state index is 5.45. The summed E-state index contributed by atoms with van der Waals surface area (Å²) in [6.07, 6.45) is 2.81. The van der Waals surface area contributed by atoms with Crippen molar-refractivity contribution in [3.63, 3.8) is 0 Å². The molecule has 2 rings (SSSR count). The number of morpholine rings is 1. The van der Waals surface area contributed by atoms with Crippen LogP contribution < -0.4 is 5.32 Å². The molecule has 0 aliphatic carbocycles. The first kappa shape index (κ1) is 14.4. The minimum absolute atomic E-state index is 0.0933. The maximum absolute atomic E-state index is 5.45. The molecule has 1 aliphatic rings. The van der Waals surface area contributed by atoms with E-state index in [9.17, 15) is 0 Å². The minimum Gasteiger partial charge on any atom is -0.379 e. The molecule has 0 spiro atoms. The second-order valence-corrected chi connectivity index (χ2v) is 5.62. The molecule has 0 radical (unpaired) electrons. The number of rotatable bonds is 5. The fourth-order valence-corrected chi connectivity index (χ4v) is 2.79. The highest BCUT2D eigenvalue weighted by molar-refractivity contribution is 5.08. The normalized spacial score (nSPS) is 19.3. The number of hydrogen-bond acceptors (Lipinski definition) is 4. The standard InChI is InChI=1S/C15H25N3O/c1-15(2,18-8-10-19-11-9-18)14(16-3)12-13-6-4-5-7-17-13/h4-7,14,16H,8-12H2,1-3H3. The van der Waals surface area contributed by atoms with Gasteiger partial charge in [0.15, 0.2) is 0 Å². The Labute approximate surface area is 116 Å². The van der Waals surface area contributed by atoms with Gasteiger partial charge in [-0.25, -0.2) is 0 Å². The van der Waals surface area contributed by atoms with Crippen LogP contribution in [0.4, 0.5) is 0 Å². The molecule has 106 valence electrons. The van der Waals surface area contributed by atoms with Crippen LogP contribution in [0.25, 0.3) is 0 Å². The predicted molar refractivity (Wildman–Crippen MR) is 77.3 cm³/mol. The molecular weight excluding hydrogens is 238 g/mol. The van der Waals surface area contributed by atoms with Gasteiger partial charge in [0, 0.05) is 43.0 Å². The van der Waals surface area contributed by atoms with Gasteiger partial charge in [-0.1, -0.05) is 6.07 Å². The molecule has 19 heavy (non-hydrogen) atoms. The summed E-state index contributed by atoms with van der Waals surface area (Å²) in [5.74, 6) is 0. The van der Waals surface area contributed by atoms with E-state index in [2.05, 4.69) is 41.2 Å². The molecule has 0 saturated carbocycles. The van der Waals surface area contributed by atoms with Crippen LogP contribution in [0, 0.1) is 0 Å². The zero-order chi connectivity index (χ0) is 13.7. The van der Waals surface area contributed by atoms with E-state index in [-0.39, 0.29) is 5.54 Å². The average Bonchev–Trinajstić information content (AvgIpc) is 2.46. The molecule has 4 heteroatoms. The summed E-state index contributed by atoms with van der Waals surface area (Å²) in [7, 11) is 2.04. The predicted octanol–water partition coefficient (Wildman–Crippen LogP) is 1.32. The molecule has 1 atom stereocenters. The Balaban J connectivity index is 2.06. The first-order valence-corrected chi connectivity index (χ1v) is 7.04. The third-order valence-electron chi connectivity index (χ3n) is 4.17. The van der Waals surface area contributed by atoms with Crippen molar-refractivity contribution in [2.75, 3.05) is 33.4 Å². The number of nitrogens with one attached hydrogen (secondary N) is 1. The van der Waals surface area contributed by atoms with E-state index < -0.39 is 0 Å². The summed E-state index contributed by atoms with van der Waals surface area (Å²) in [5, 5.41) is 3.47. The summed E-state index contributed by atoms with van der Waals surface area (Å²) in [6, 6.07) is 6.49. The molecule has 0 amide bonds. The van der Waals surface area contributed by atoms with E-state index in [1.807, 2.05) is 19.3 Å². The molecule has 0 aromatic carbocycles. The van der Waals surface area contributed by atoms with E-state index in [0.717, 1.165) is 38.4 Å². The van der Waals surface area contributed by atoms with Crippen LogP contribution in [0.1, 0.15) is 19.5 Å². The van der Waals surface area contributed by atoms with Gasteiger partial charge in [0.25, 0.3) is 0 Å². The lowest BCUT2D eigenvalue weighted by Crippen LogP contribution is -2.60. The molecule has 1 fully saturated rings. The summed E-state index contributed by atoms with van der Waals surface area (Å²) in [4.78, 5) is 6.96. The minimum atomic E-state index is 0.0933. The summed E-state index contributed by atoms with van der Waals surface area (Å²) >= 11 is 0. The SMILES string of the molecule is CNC(Cc1ccccn1)C(C)(C)N1CCOCC1.